The molecule has 0 spiro atoms. The minimum atomic E-state index is -1.02. The Morgan fingerprint density at radius 1 is 1.00 bits per heavy atom. The Bertz CT molecular complexity index is 639. The van der Waals surface area contributed by atoms with E-state index < -0.39 is 11.4 Å². The summed E-state index contributed by atoms with van der Waals surface area (Å²) < 4.78 is 0. The van der Waals surface area contributed by atoms with Crippen LogP contribution < -0.4 is 4.90 Å². The highest BCUT2D eigenvalue weighted by Gasteiger charge is 2.33. The second-order valence-corrected chi connectivity index (χ2v) is 8.50. The van der Waals surface area contributed by atoms with Crippen molar-refractivity contribution in [1.82, 2.24) is 4.90 Å². The van der Waals surface area contributed by atoms with Crippen molar-refractivity contribution in [3.05, 3.63) is 29.8 Å². The molecule has 0 unspecified atom stereocenters. The average Bonchev–Trinajstić information content (AvgIpc) is 2.53. The molecule has 138 valence electrons. The third-order valence-corrected chi connectivity index (χ3v) is 4.86. The highest BCUT2D eigenvalue weighted by atomic mass is 16.4. The molecule has 1 N–H and O–H groups in total. The molecule has 0 bridgehead atoms. The molecule has 1 fully saturated rings. The lowest BCUT2D eigenvalue weighted by Gasteiger charge is -2.39. The maximum Gasteiger partial charge on any atom is 0.309 e. The highest BCUT2D eigenvalue weighted by molar-refractivity contribution is 5.84. The molecule has 0 aliphatic carbocycles. The van der Waals surface area contributed by atoms with Gasteiger partial charge in [0.1, 0.15) is 0 Å². The Balaban J connectivity index is 2.03. The number of piperazine rings is 1. The van der Waals surface area contributed by atoms with Gasteiger partial charge in [0, 0.05) is 38.3 Å². The molecule has 1 amide bonds. The van der Waals surface area contributed by atoms with Crippen LogP contribution in [-0.2, 0) is 15.0 Å². The Morgan fingerprint density at radius 2 is 1.56 bits per heavy atom. The maximum atomic E-state index is 12.4. The van der Waals surface area contributed by atoms with E-state index in [2.05, 4.69) is 49.9 Å². The highest BCUT2D eigenvalue weighted by Crippen LogP contribution is 2.32. The fourth-order valence-electron chi connectivity index (χ4n) is 3.15. The third-order valence-electron chi connectivity index (χ3n) is 4.86. The lowest BCUT2D eigenvalue weighted by Crippen LogP contribution is -2.50. The molecule has 2 rings (SSSR count). The average molecular weight is 346 g/mol. The molecule has 1 aliphatic heterocycles. The van der Waals surface area contributed by atoms with E-state index in [1.54, 1.807) is 18.7 Å². The number of rotatable bonds is 4. The van der Waals surface area contributed by atoms with Crippen LogP contribution in [-0.4, -0.2) is 48.1 Å². The summed E-state index contributed by atoms with van der Waals surface area (Å²) in [6.45, 7) is 12.6. The van der Waals surface area contributed by atoms with Crippen LogP contribution in [0.15, 0.2) is 24.3 Å². The number of hydrogen-bond acceptors (Lipinski definition) is 3. The lowest BCUT2D eigenvalue weighted by molar-refractivity contribution is -0.151. The second-order valence-electron chi connectivity index (χ2n) is 8.50. The molecule has 1 heterocycles. The quantitative estimate of drug-likeness (QED) is 0.910. The summed E-state index contributed by atoms with van der Waals surface area (Å²) in [5.41, 5.74) is 1.58. The smallest absolute Gasteiger partial charge is 0.309 e. The van der Waals surface area contributed by atoms with Crippen LogP contribution in [0, 0.1) is 5.41 Å². The van der Waals surface area contributed by atoms with Gasteiger partial charge < -0.3 is 14.9 Å². The van der Waals surface area contributed by atoms with Crippen molar-refractivity contribution < 1.29 is 14.7 Å². The number of carbonyl (C=O) groups excluding carboxylic acids is 1. The number of anilines is 1. The number of carboxylic acids is 1. The Kier molecular flexibility index (Phi) is 5.45. The van der Waals surface area contributed by atoms with Gasteiger partial charge in [0.25, 0.3) is 0 Å². The van der Waals surface area contributed by atoms with Crippen molar-refractivity contribution in [3.63, 3.8) is 0 Å². The summed E-state index contributed by atoms with van der Waals surface area (Å²) in [5.74, 6) is -1.00. The topological polar surface area (TPSA) is 60.9 Å². The minimum absolute atomic E-state index is 0.0426. The number of carboxylic acid groups (broad SMARTS) is 1. The number of amides is 1. The monoisotopic (exact) mass is 346 g/mol. The van der Waals surface area contributed by atoms with Gasteiger partial charge in [-0.25, -0.2) is 0 Å². The molecule has 1 aromatic rings. The van der Waals surface area contributed by atoms with Gasteiger partial charge >= 0.3 is 5.97 Å². The SMILES string of the molecule is CC(C)(CC(=O)N1CCN(c2ccccc2C(C)(C)C)CC1)C(=O)O. The maximum absolute atomic E-state index is 12.4. The molecule has 5 nitrogen and oxygen atoms in total. The van der Waals surface area contributed by atoms with E-state index in [-0.39, 0.29) is 17.7 Å². The predicted molar refractivity (Wildman–Crippen MR) is 100.0 cm³/mol. The lowest BCUT2D eigenvalue weighted by atomic mass is 9.85. The van der Waals surface area contributed by atoms with Gasteiger partial charge in [0.15, 0.2) is 0 Å². The van der Waals surface area contributed by atoms with Crippen LogP contribution >= 0.6 is 0 Å². The summed E-state index contributed by atoms with van der Waals surface area (Å²) >= 11 is 0. The Hall–Kier alpha value is -2.04. The van der Waals surface area contributed by atoms with Gasteiger partial charge in [-0.1, -0.05) is 39.0 Å². The number of nitrogens with zero attached hydrogens (tertiary/aromatic N) is 2. The fraction of sp³-hybridized carbons (Fsp3) is 0.600. The van der Waals surface area contributed by atoms with Gasteiger partial charge in [-0.2, -0.15) is 0 Å². The van der Waals surface area contributed by atoms with E-state index in [1.807, 2.05) is 0 Å². The number of para-hydroxylation sites is 1. The van der Waals surface area contributed by atoms with Crippen molar-refractivity contribution in [3.8, 4) is 0 Å². The normalized spacial score (nSPS) is 16.0. The van der Waals surface area contributed by atoms with Gasteiger partial charge in [-0.3, -0.25) is 9.59 Å². The van der Waals surface area contributed by atoms with E-state index in [1.165, 1.54) is 11.3 Å². The van der Waals surface area contributed by atoms with E-state index in [4.69, 9.17) is 0 Å². The van der Waals surface area contributed by atoms with Crippen molar-refractivity contribution in [2.24, 2.45) is 5.41 Å². The van der Waals surface area contributed by atoms with Crippen LogP contribution in [0.3, 0.4) is 0 Å². The van der Waals surface area contributed by atoms with Crippen LogP contribution in [0.5, 0.6) is 0 Å². The van der Waals surface area contributed by atoms with E-state index >= 15 is 0 Å². The first-order valence-electron chi connectivity index (χ1n) is 8.88. The Morgan fingerprint density at radius 3 is 2.08 bits per heavy atom. The van der Waals surface area contributed by atoms with Crippen molar-refractivity contribution in [1.29, 1.82) is 0 Å². The number of hydrogen-bond donors (Lipinski definition) is 1. The zero-order valence-corrected chi connectivity index (χ0v) is 16.0. The molecule has 1 aromatic carbocycles. The second kappa shape index (κ2) is 7.06. The molecule has 1 saturated heterocycles. The van der Waals surface area contributed by atoms with Gasteiger partial charge in [-0.15, -0.1) is 0 Å². The van der Waals surface area contributed by atoms with E-state index in [0.717, 1.165) is 13.1 Å². The number of carbonyl (C=O) groups is 2. The molecule has 5 heteroatoms. The molecule has 1 aliphatic rings. The largest absolute Gasteiger partial charge is 0.481 e. The summed E-state index contributed by atoms with van der Waals surface area (Å²) in [7, 11) is 0. The summed E-state index contributed by atoms with van der Waals surface area (Å²) in [4.78, 5) is 27.8. The fourth-order valence-corrected chi connectivity index (χ4v) is 3.15. The van der Waals surface area contributed by atoms with Gasteiger partial charge in [0.05, 0.1) is 5.41 Å². The summed E-state index contributed by atoms with van der Waals surface area (Å²) in [6.07, 6.45) is 0.0426. The van der Waals surface area contributed by atoms with Crippen molar-refractivity contribution >= 4 is 17.6 Å². The molecule has 0 aromatic heterocycles. The molecule has 0 radical (unpaired) electrons. The van der Waals surface area contributed by atoms with Gasteiger partial charge in [-0.05, 0) is 30.9 Å². The first kappa shape index (κ1) is 19.3. The zero-order chi connectivity index (χ0) is 18.8. The number of aliphatic carboxylic acids is 1. The Labute approximate surface area is 150 Å². The molecule has 0 atom stereocenters. The molecule has 0 saturated carbocycles. The standard InChI is InChI=1S/C20H30N2O3/c1-19(2,3)15-8-6-7-9-16(15)21-10-12-22(13-11-21)17(23)14-20(4,5)18(24)25/h6-9H,10-14H2,1-5H3,(H,24,25). The molecular formula is C20H30N2O3. The third kappa shape index (κ3) is 4.53. The van der Waals surface area contributed by atoms with Crippen LogP contribution in [0.2, 0.25) is 0 Å². The molecular weight excluding hydrogens is 316 g/mol. The van der Waals surface area contributed by atoms with E-state index in [9.17, 15) is 14.7 Å². The first-order chi connectivity index (χ1) is 11.5. The summed E-state index contributed by atoms with van der Waals surface area (Å²) in [5, 5.41) is 9.21. The number of benzene rings is 1. The van der Waals surface area contributed by atoms with Crippen molar-refractivity contribution in [2.45, 2.75) is 46.5 Å². The van der Waals surface area contributed by atoms with Crippen LogP contribution in [0.4, 0.5) is 5.69 Å². The molecule has 25 heavy (non-hydrogen) atoms. The van der Waals surface area contributed by atoms with E-state index in [0.29, 0.717) is 13.1 Å². The van der Waals surface area contributed by atoms with Crippen molar-refractivity contribution in [2.75, 3.05) is 31.1 Å². The zero-order valence-electron chi connectivity index (χ0n) is 16.0. The summed E-state index contributed by atoms with van der Waals surface area (Å²) in [6, 6.07) is 8.43. The van der Waals surface area contributed by atoms with Gasteiger partial charge in [0.2, 0.25) is 5.91 Å². The first-order valence-corrected chi connectivity index (χ1v) is 8.88. The minimum Gasteiger partial charge on any atom is -0.481 e. The van der Waals surface area contributed by atoms with Crippen LogP contribution in [0.25, 0.3) is 0 Å². The van der Waals surface area contributed by atoms with Crippen LogP contribution in [0.1, 0.15) is 46.6 Å². The predicted octanol–water partition coefficient (Wildman–Crippen LogP) is 3.13.